The molecule has 3 aromatic heterocycles. The summed E-state index contributed by atoms with van der Waals surface area (Å²) in [6.07, 6.45) is 3.10. The first kappa shape index (κ1) is 17.6. The minimum absolute atomic E-state index is 0.208. The first-order valence-corrected chi connectivity index (χ1v) is 8.99. The third-order valence-corrected chi connectivity index (χ3v) is 4.90. The van der Waals surface area contributed by atoms with Gasteiger partial charge in [-0.15, -0.1) is 10.2 Å². The third-order valence-electron chi connectivity index (χ3n) is 3.67. The van der Waals surface area contributed by atoms with Crippen molar-refractivity contribution in [3.63, 3.8) is 0 Å². The molecule has 0 unspecified atom stereocenters. The molecule has 4 aromatic rings. The van der Waals surface area contributed by atoms with Crippen LogP contribution >= 0.6 is 22.9 Å². The van der Waals surface area contributed by atoms with Crippen LogP contribution in [0.15, 0.2) is 48.8 Å². The van der Waals surface area contributed by atoms with Crippen LogP contribution in [-0.2, 0) is 6.54 Å². The Kier molecular flexibility index (Phi) is 4.82. The standard InChI is InChI=1S/C16H12ClF2N7S/c17-11-4-2-1-3-10(11)9-25-8-6-13(24-25)21-16-23-22-14(27-16)12-5-7-20-26(12)15(18)19/h1-8,15H,9H2,(H,21,23,24). The number of hydrogen-bond donors (Lipinski definition) is 1. The van der Waals surface area contributed by atoms with E-state index in [-0.39, 0.29) is 5.69 Å². The van der Waals surface area contributed by atoms with Gasteiger partial charge in [-0.2, -0.15) is 19.0 Å². The van der Waals surface area contributed by atoms with Crippen molar-refractivity contribution in [3.8, 4) is 10.7 Å². The Morgan fingerprint density at radius 1 is 1.15 bits per heavy atom. The van der Waals surface area contributed by atoms with Crippen LogP contribution in [0.3, 0.4) is 0 Å². The topological polar surface area (TPSA) is 73.5 Å². The molecule has 7 nitrogen and oxygen atoms in total. The monoisotopic (exact) mass is 407 g/mol. The average molecular weight is 408 g/mol. The van der Waals surface area contributed by atoms with Gasteiger partial charge in [-0.25, -0.2) is 4.68 Å². The smallest absolute Gasteiger partial charge is 0.313 e. The molecule has 27 heavy (non-hydrogen) atoms. The minimum Gasteiger partial charge on any atom is -0.313 e. The maximum atomic E-state index is 12.9. The van der Waals surface area contributed by atoms with Crippen molar-refractivity contribution < 1.29 is 8.78 Å². The lowest BCUT2D eigenvalue weighted by Gasteiger charge is -2.04. The highest BCUT2D eigenvalue weighted by Crippen LogP contribution is 2.29. The fraction of sp³-hybridized carbons (Fsp3) is 0.125. The summed E-state index contributed by atoms with van der Waals surface area (Å²) in [6.45, 7) is -2.22. The Bertz CT molecular complexity index is 1060. The molecule has 0 saturated carbocycles. The van der Waals surface area contributed by atoms with Gasteiger partial charge >= 0.3 is 6.55 Å². The van der Waals surface area contributed by atoms with Gasteiger partial charge in [0.15, 0.2) is 10.8 Å². The minimum atomic E-state index is -2.74. The number of nitrogens with one attached hydrogen (secondary N) is 1. The molecule has 0 aliphatic rings. The Morgan fingerprint density at radius 3 is 2.81 bits per heavy atom. The number of hydrogen-bond acceptors (Lipinski definition) is 6. The highest BCUT2D eigenvalue weighted by Gasteiger charge is 2.17. The van der Waals surface area contributed by atoms with Crippen LogP contribution in [0, 0.1) is 0 Å². The molecule has 4 rings (SSSR count). The number of benzene rings is 1. The van der Waals surface area contributed by atoms with Crippen LogP contribution in [0.2, 0.25) is 5.02 Å². The maximum absolute atomic E-state index is 12.9. The van der Waals surface area contributed by atoms with Crippen molar-refractivity contribution in [2.45, 2.75) is 13.1 Å². The van der Waals surface area contributed by atoms with Crippen LogP contribution in [0.4, 0.5) is 19.7 Å². The molecule has 3 heterocycles. The van der Waals surface area contributed by atoms with Crippen molar-refractivity contribution in [1.29, 1.82) is 0 Å². The first-order chi connectivity index (χ1) is 13.1. The van der Waals surface area contributed by atoms with Gasteiger partial charge < -0.3 is 5.32 Å². The van der Waals surface area contributed by atoms with E-state index in [1.165, 1.54) is 12.3 Å². The van der Waals surface area contributed by atoms with Crippen LogP contribution in [0.25, 0.3) is 10.7 Å². The summed E-state index contributed by atoms with van der Waals surface area (Å²) >= 11 is 7.30. The van der Waals surface area contributed by atoms with E-state index in [4.69, 9.17) is 11.6 Å². The molecule has 0 atom stereocenters. The van der Waals surface area contributed by atoms with Crippen molar-refractivity contribution >= 4 is 33.9 Å². The fourth-order valence-corrected chi connectivity index (χ4v) is 3.41. The Labute approximate surface area is 161 Å². The molecule has 1 aromatic carbocycles. The molecular formula is C16H12ClF2N7S. The summed E-state index contributed by atoms with van der Waals surface area (Å²) in [5.41, 5.74) is 1.16. The zero-order valence-corrected chi connectivity index (χ0v) is 15.2. The summed E-state index contributed by atoms with van der Waals surface area (Å²) in [6, 6.07) is 10.8. The quantitative estimate of drug-likeness (QED) is 0.511. The van der Waals surface area contributed by atoms with E-state index in [1.54, 1.807) is 16.9 Å². The van der Waals surface area contributed by atoms with Crippen molar-refractivity contribution in [2.24, 2.45) is 0 Å². The number of anilines is 2. The normalized spacial score (nSPS) is 11.3. The highest BCUT2D eigenvalue weighted by atomic mass is 35.5. The Balaban J connectivity index is 1.48. The number of halogens is 3. The van der Waals surface area contributed by atoms with E-state index in [0.717, 1.165) is 16.9 Å². The molecule has 11 heteroatoms. The summed E-state index contributed by atoms with van der Waals surface area (Å²) in [7, 11) is 0. The van der Waals surface area contributed by atoms with Gasteiger partial charge in [0.2, 0.25) is 5.13 Å². The molecule has 1 N–H and O–H groups in total. The molecule has 0 saturated heterocycles. The fourth-order valence-electron chi connectivity index (χ4n) is 2.44. The van der Waals surface area contributed by atoms with Gasteiger partial charge in [-0.1, -0.05) is 41.1 Å². The summed E-state index contributed by atoms with van der Waals surface area (Å²) < 4.78 is 28.2. The second-order valence-corrected chi connectivity index (χ2v) is 6.85. The Morgan fingerprint density at radius 2 is 2.00 bits per heavy atom. The molecular weight excluding hydrogens is 396 g/mol. The molecule has 0 radical (unpaired) electrons. The molecule has 138 valence electrons. The zero-order chi connectivity index (χ0) is 18.8. The predicted octanol–water partition coefficient (Wildman–Crippen LogP) is 4.44. The van der Waals surface area contributed by atoms with E-state index in [2.05, 4.69) is 25.7 Å². The van der Waals surface area contributed by atoms with Crippen LogP contribution in [0.1, 0.15) is 12.1 Å². The van der Waals surface area contributed by atoms with E-state index < -0.39 is 6.55 Å². The van der Waals surface area contributed by atoms with E-state index in [1.807, 2.05) is 24.3 Å². The average Bonchev–Trinajstić information content (AvgIpc) is 3.38. The van der Waals surface area contributed by atoms with Crippen molar-refractivity contribution in [2.75, 3.05) is 5.32 Å². The van der Waals surface area contributed by atoms with Crippen LogP contribution in [-0.4, -0.2) is 29.8 Å². The third kappa shape index (κ3) is 3.81. The molecule has 0 amide bonds. The Hall–Kier alpha value is -2.85. The highest BCUT2D eigenvalue weighted by molar-refractivity contribution is 7.18. The summed E-state index contributed by atoms with van der Waals surface area (Å²) in [5.74, 6) is 0.562. The second-order valence-electron chi connectivity index (χ2n) is 5.47. The van der Waals surface area contributed by atoms with Gasteiger partial charge in [-0.3, -0.25) is 4.68 Å². The number of aromatic nitrogens is 6. The van der Waals surface area contributed by atoms with Crippen LogP contribution < -0.4 is 5.32 Å². The second kappa shape index (κ2) is 7.41. The van der Waals surface area contributed by atoms with Crippen LogP contribution in [0.5, 0.6) is 0 Å². The SMILES string of the molecule is FC(F)n1nccc1-c1nnc(Nc2ccn(Cc3ccccc3Cl)n2)s1. The zero-order valence-electron chi connectivity index (χ0n) is 13.6. The van der Waals surface area contributed by atoms with E-state index >= 15 is 0 Å². The lowest BCUT2D eigenvalue weighted by Crippen LogP contribution is -2.01. The van der Waals surface area contributed by atoms with Gasteiger partial charge in [0.1, 0.15) is 5.69 Å². The summed E-state index contributed by atoms with van der Waals surface area (Å²) in [4.78, 5) is 0. The van der Waals surface area contributed by atoms with Gasteiger partial charge in [0.05, 0.1) is 6.54 Å². The first-order valence-electron chi connectivity index (χ1n) is 7.79. The van der Waals surface area contributed by atoms with Gasteiger partial charge in [0, 0.05) is 23.5 Å². The number of nitrogens with zero attached hydrogens (tertiary/aromatic N) is 6. The van der Waals surface area contributed by atoms with Gasteiger partial charge in [0.25, 0.3) is 0 Å². The molecule has 0 spiro atoms. The van der Waals surface area contributed by atoms with E-state index in [9.17, 15) is 8.78 Å². The number of rotatable bonds is 6. The van der Waals surface area contributed by atoms with Crippen molar-refractivity contribution in [3.05, 3.63) is 59.4 Å². The maximum Gasteiger partial charge on any atom is 0.333 e. The molecule has 0 aliphatic heterocycles. The predicted molar refractivity (Wildman–Crippen MR) is 98.4 cm³/mol. The van der Waals surface area contributed by atoms with Gasteiger partial charge in [-0.05, 0) is 17.7 Å². The lowest BCUT2D eigenvalue weighted by molar-refractivity contribution is 0.0585. The number of alkyl halides is 2. The van der Waals surface area contributed by atoms with E-state index in [0.29, 0.717) is 32.2 Å². The van der Waals surface area contributed by atoms with Crippen molar-refractivity contribution in [1.82, 2.24) is 29.8 Å². The summed E-state index contributed by atoms with van der Waals surface area (Å²) in [5, 5.41) is 20.4. The lowest BCUT2D eigenvalue weighted by atomic mass is 10.2. The molecule has 0 fully saturated rings. The largest absolute Gasteiger partial charge is 0.333 e. The molecule has 0 bridgehead atoms. The molecule has 0 aliphatic carbocycles.